The van der Waals surface area contributed by atoms with Gasteiger partial charge in [-0.2, -0.15) is 0 Å². The van der Waals surface area contributed by atoms with Crippen LogP contribution in [0.25, 0.3) is 0 Å². The van der Waals surface area contributed by atoms with E-state index < -0.39 is 10.0 Å². The van der Waals surface area contributed by atoms with Crippen LogP contribution in [0.3, 0.4) is 0 Å². The summed E-state index contributed by atoms with van der Waals surface area (Å²) < 4.78 is 26.3. The van der Waals surface area contributed by atoms with E-state index in [2.05, 4.69) is 11.0 Å². The fourth-order valence-electron chi connectivity index (χ4n) is 4.03. The average molecular weight is 357 g/mol. The van der Waals surface area contributed by atoms with Crippen molar-refractivity contribution in [2.24, 2.45) is 0 Å². The number of nitrogens with zero attached hydrogens (tertiary/aromatic N) is 2. The molecule has 0 amide bonds. The summed E-state index contributed by atoms with van der Waals surface area (Å²) in [5, 5.41) is 0.795. The zero-order chi connectivity index (χ0) is 16.5. The number of halogens is 1. The highest BCUT2D eigenvalue weighted by Gasteiger charge is 2.45. The van der Waals surface area contributed by atoms with Crippen molar-refractivity contribution in [1.82, 2.24) is 9.21 Å². The Morgan fingerprint density at radius 2 is 1.87 bits per heavy atom. The van der Waals surface area contributed by atoms with Crippen LogP contribution in [-0.2, 0) is 16.6 Å². The van der Waals surface area contributed by atoms with Crippen molar-refractivity contribution in [2.75, 3.05) is 25.4 Å². The van der Waals surface area contributed by atoms with Crippen molar-refractivity contribution >= 4 is 21.6 Å². The van der Waals surface area contributed by atoms with E-state index in [0.29, 0.717) is 13.1 Å². The maximum atomic E-state index is 12.3. The van der Waals surface area contributed by atoms with E-state index in [1.54, 1.807) is 11.2 Å². The molecule has 23 heavy (non-hydrogen) atoms. The second-order valence-electron chi connectivity index (χ2n) is 6.68. The topological polar surface area (TPSA) is 40.6 Å². The van der Waals surface area contributed by atoms with Crippen LogP contribution in [-0.4, -0.2) is 48.5 Å². The van der Waals surface area contributed by atoms with Crippen molar-refractivity contribution in [3.8, 4) is 0 Å². The molecule has 2 fully saturated rings. The second-order valence-corrected chi connectivity index (χ2v) is 9.34. The molecular formula is C17H25ClN2O2S. The highest BCUT2D eigenvalue weighted by molar-refractivity contribution is 7.89. The molecule has 0 aliphatic carbocycles. The fraction of sp³-hybridized carbons (Fsp3) is 0.647. The molecule has 1 unspecified atom stereocenters. The molecule has 3 rings (SSSR count). The van der Waals surface area contributed by atoms with Crippen LogP contribution < -0.4 is 0 Å². The van der Waals surface area contributed by atoms with E-state index in [1.807, 2.05) is 18.2 Å². The predicted octanol–water partition coefficient (Wildman–Crippen LogP) is 3.12. The highest BCUT2D eigenvalue weighted by Crippen LogP contribution is 2.39. The molecule has 0 N–H and O–H groups in total. The first kappa shape index (κ1) is 17.2. The molecule has 1 aromatic carbocycles. The maximum absolute atomic E-state index is 12.3. The van der Waals surface area contributed by atoms with Gasteiger partial charge < -0.3 is 0 Å². The van der Waals surface area contributed by atoms with Gasteiger partial charge in [0, 0.05) is 30.2 Å². The minimum absolute atomic E-state index is 0.0142. The summed E-state index contributed by atoms with van der Waals surface area (Å²) >= 11 is 6.32. The van der Waals surface area contributed by atoms with Gasteiger partial charge in [0.1, 0.15) is 0 Å². The Kier molecular flexibility index (Phi) is 5.02. The minimum atomic E-state index is -3.11. The Morgan fingerprint density at radius 3 is 2.57 bits per heavy atom. The van der Waals surface area contributed by atoms with E-state index >= 15 is 0 Å². The van der Waals surface area contributed by atoms with Crippen LogP contribution in [0.2, 0.25) is 5.02 Å². The molecule has 1 aromatic rings. The van der Waals surface area contributed by atoms with Gasteiger partial charge in [0.25, 0.3) is 0 Å². The third-order valence-corrected chi connectivity index (χ3v) is 7.54. The number of hydrogen-bond acceptors (Lipinski definition) is 3. The second kappa shape index (κ2) is 6.71. The Balaban J connectivity index is 1.81. The molecule has 0 radical (unpaired) electrons. The highest BCUT2D eigenvalue weighted by atomic mass is 35.5. The van der Waals surface area contributed by atoms with Gasteiger partial charge >= 0.3 is 0 Å². The van der Waals surface area contributed by atoms with Gasteiger partial charge in [0.15, 0.2) is 0 Å². The third-order valence-electron chi connectivity index (χ3n) is 5.34. The summed E-state index contributed by atoms with van der Waals surface area (Å²) in [6.07, 6.45) is 4.23. The van der Waals surface area contributed by atoms with E-state index in [-0.39, 0.29) is 11.3 Å². The lowest BCUT2D eigenvalue weighted by Crippen LogP contribution is -2.56. The van der Waals surface area contributed by atoms with Gasteiger partial charge in [-0.25, -0.2) is 12.7 Å². The first-order valence-electron chi connectivity index (χ1n) is 8.43. The predicted molar refractivity (Wildman–Crippen MR) is 94.1 cm³/mol. The van der Waals surface area contributed by atoms with Crippen LogP contribution in [0, 0.1) is 0 Å². The Labute approximate surface area is 144 Å². The van der Waals surface area contributed by atoms with E-state index in [9.17, 15) is 8.42 Å². The molecule has 0 saturated carbocycles. The van der Waals surface area contributed by atoms with Crippen molar-refractivity contribution in [3.05, 3.63) is 34.9 Å². The summed E-state index contributed by atoms with van der Waals surface area (Å²) in [7, 11) is -3.11. The average Bonchev–Trinajstić information content (AvgIpc) is 2.91. The number of likely N-dealkylation sites (tertiary alicyclic amines) is 1. The zero-order valence-electron chi connectivity index (χ0n) is 13.7. The normalized spacial score (nSPS) is 26.9. The molecule has 1 atom stereocenters. The third kappa shape index (κ3) is 3.43. The van der Waals surface area contributed by atoms with Crippen molar-refractivity contribution < 1.29 is 8.42 Å². The Morgan fingerprint density at radius 1 is 1.17 bits per heavy atom. The molecule has 1 spiro atoms. The Bertz CT molecular complexity index is 664. The molecule has 2 aliphatic heterocycles. The summed E-state index contributed by atoms with van der Waals surface area (Å²) in [4.78, 5) is 2.46. The van der Waals surface area contributed by atoms with Crippen LogP contribution in [0.5, 0.6) is 0 Å². The fourth-order valence-corrected chi connectivity index (χ4v) is 5.43. The smallest absolute Gasteiger partial charge is 0.213 e. The molecule has 0 aromatic heterocycles. The number of benzene rings is 1. The van der Waals surface area contributed by atoms with Crippen LogP contribution >= 0.6 is 11.6 Å². The van der Waals surface area contributed by atoms with Gasteiger partial charge in [-0.05, 0) is 50.8 Å². The van der Waals surface area contributed by atoms with Crippen LogP contribution in [0.15, 0.2) is 24.3 Å². The van der Waals surface area contributed by atoms with E-state index in [0.717, 1.165) is 49.4 Å². The molecule has 4 nitrogen and oxygen atoms in total. The van der Waals surface area contributed by atoms with E-state index in [1.165, 1.54) is 0 Å². The number of piperidine rings is 1. The first-order chi connectivity index (χ1) is 11.0. The number of rotatable bonds is 4. The van der Waals surface area contributed by atoms with E-state index in [4.69, 9.17) is 11.6 Å². The zero-order valence-corrected chi connectivity index (χ0v) is 15.2. The molecule has 2 aliphatic rings. The summed E-state index contributed by atoms with van der Waals surface area (Å²) in [6, 6.07) is 7.95. The SMILES string of the molecule is CCS(=O)(=O)N1CCCC2(CCCN2Cc2ccccc2Cl)C1. The lowest BCUT2D eigenvalue weighted by atomic mass is 9.87. The summed E-state index contributed by atoms with van der Waals surface area (Å²) in [5.74, 6) is 0.188. The molecule has 0 bridgehead atoms. The monoisotopic (exact) mass is 356 g/mol. The molecule has 2 saturated heterocycles. The minimum Gasteiger partial charge on any atom is -0.292 e. The van der Waals surface area contributed by atoms with Gasteiger partial charge in [-0.3, -0.25) is 4.90 Å². The van der Waals surface area contributed by atoms with Crippen molar-refractivity contribution in [3.63, 3.8) is 0 Å². The van der Waals surface area contributed by atoms with Crippen molar-refractivity contribution in [1.29, 1.82) is 0 Å². The van der Waals surface area contributed by atoms with Gasteiger partial charge in [0.05, 0.1) is 5.75 Å². The standard InChI is InChI=1S/C17H25ClN2O2S/c1-2-23(21,22)20-12-6-10-17(14-20)9-5-11-19(17)13-15-7-3-4-8-16(15)18/h3-4,7-8H,2,5-6,9-14H2,1H3. The molecule has 128 valence electrons. The lowest BCUT2D eigenvalue weighted by Gasteiger charge is -2.45. The van der Waals surface area contributed by atoms with Gasteiger partial charge in [-0.1, -0.05) is 29.8 Å². The summed E-state index contributed by atoms with van der Waals surface area (Å²) in [5.41, 5.74) is 1.12. The molecule has 6 heteroatoms. The summed E-state index contributed by atoms with van der Waals surface area (Å²) in [6.45, 7) is 4.85. The first-order valence-corrected chi connectivity index (χ1v) is 10.4. The maximum Gasteiger partial charge on any atom is 0.213 e. The quantitative estimate of drug-likeness (QED) is 0.832. The molecular weight excluding hydrogens is 332 g/mol. The van der Waals surface area contributed by atoms with Crippen LogP contribution in [0.4, 0.5) is 0 Å². The van der Waals surface area contributed by atoms with Gasteiger partial charge in [-0.15, -0.1) is 0 Å². The van der Waals surface area contributed by atoms with Crippen molar-refractivity contribution in [2.45, 2.75) is 44.7 Å². The number of hydrogen-bond donors (Lipinski definition) is 0. The molecule has 2 heterocycles. The van der Waals surface area contributed by atoms with Gasteiger partial charge in [0.2, 0.25) is 10.0 Å². The lowest BCUT2D eigenvalue weighted by molar-refractivity contribution is 0.0680. The largest absolute Gasteiger partial charge is 0.292 e. The Hall–Kier alpha value is -0.620. The number of sulfonamides is 1. The van der Waals surface area contributed by atoms with Crippen LogP contribution in [0.1, 0.15) is 38.2 Å².